The molecule has 1 saturated heterocycles. The fourth-order valence-corrected chi connectivity index (χ4v) is 5.12. The zero-order valence-electron chi connectivity index (χ0n) is 23.3. The quantitative estimate of drug-likeness (QED) is 0.274. The fraction of sp³-hybridized carbons (Fsp3) is 0.464. The average Bonchev–Trinajstić information content (AvgIpc) is 3.59. The molecule has 11 nitrogen and oxygen atoms in total. The Hall–Kier alpha value is -4.20. The van der Waals surface area contributed by atoms with Gasteiger partial charge in [0.2, 0.25) is 0 Å². The molecule has 1 aromatic carbocycles. The summed E-state index contributed by atoms with van der Waals surface area (Å²) in [5, 5.41) is 4.30. The minimum Gasteiger partial charge on any atom is -0.444 e. The lowest BCUT2D eigenvalue weighted by atomic mass is 10.0. The number of rotatable bonds is 9. The maximum Gasteiger partial charge on any atom is 0.416 e. The summed E-state index contributed by atoms with van der Waals surface area (Å²) in [6, 6.07) is 4.96. The van der Waals surface area contributed by atoms with Crippen LogP contribution >= 0.6 is 0 Å². The highest BCUT2D eigenvalue weighted by Gasteiger charge is 2.30. The zero-order chi connectivity index (χ0) is 30.0. The summed E-state index contributed by atoms with van der Waals surface area (Å²) >= 11 is 0. The molecule has 0 N–H and O–H groups in total. The Balaban J connectivity index is 1.57. The van der Waals surface area contributed by atoms with Crippen LogP contribution in [0.3, 0.4) is 0 Å². The number of ether oxygens (including phenoxy) is 2. The maximum atomic E-state index is 13.6. The van der Waals surface area contributed by atoms with Crippen molar-refractivity contribution in [3.05, 3.63) is 68.6 Å². The van der Waals surface area contributed by atoms with Gasteiger partial charge in [-0.15, -0.1) is 0 Å². The first-order valence-corrected chi connectivity index (χ1v) is 13.8. The van der Waals surface area contributed by atoms with E-state index < -0.39 is 29.0 Å². The van der Waals surface area contributed by atoms with E-state index in [-0.39, 0.29) is 49.3 Å². The third-order valence-corrected chi connectivity index (χ3v) is 7.26. The van der Waals surface area contributed by atoms with Gasteiger partial charge in [-0.1, -0.05) is 19.1 Å². The first-order chi connectivity index (χ1) is 20.1. The lowest BCUT2D eigenvalue weighted by Gasteiger charge is -2.20. The third kappa shape index (κ3) is 5.75. The van der Waals surface area contributed by atoms with E-state index in [1.807, 2.05) is 6.92 Å². The highest BCUT2D eigenvalue weighted by Crippen LogP contribution is 2.30. The minimum absolute atomic E-state index is 0.0475. The summed E-state index contributed by atoms with van der Waals surface area (Å²) < 4.78 is 56.0. The van der Waals surface area contributed by atoms with Gasteiger partial charge in [-0.05, 0) is 43.9 Å². The van der Waals surface area contributed by atoms with E-state index in [4.69, 9.17) is 9.47 Å². The van der Waals surface area contributed by atoms with Crippen molar-refractivity contribution in [1.82, 2.24) is 28.5 Å². The van der Waals surface area contributed by atoms with Crippen LogP contribution in [0.25, 0.3) is 22.6 Å². The first-order valence-electron chi connectivity index (χ1n) is 13.8. The van der Waals surface area contributed by atoms with Crippen molar-refractivity contribution in [3.63, 3.8) is 0 Å². The van der Waals surface area contributed by atoms with Crippen LogP contribution in [0.1, 0.15) is 44.2 Å². The Morgan fingerprint density at radius 3 is 2.57 bits per heavy atom. The van der Waals surface area contributed by atoms with E-state index in [1.54, 1.807) is 19.2 Å². The number of hydrogen-bond donors (Lipinski definition) is 0. The lowest BCUT2D eigenvalue weighted by Crippen LogP contribution is -2.40. The van der Waals surface area contributed by atoms with Crippen LogP contribution in [0.5, 0.6) is 0 Å². The van der Waals surface area contributed by atoms with Gasteiger partial charge in [0.25, 0.3) is 5.56 Å². The number of benzene rings is 1. The number of carbonyl (C=O) groups excluding carboxylic acids is 1. The molecule has 0 atom stereocenters. The van der Waals surface area contributed by atoms with E-state index in [1.165, 1.54) is 26.1 Å². The van der Waals surface area contributed by atoms with Crippen LogP contribution in [-0.2, 0) is 46.8 Å². The van der Waals surface area contributed by atoms with Gasteiger partial charge in [0.05, 0.1) is 29.8 Å². The Morgan fingerprint density at radius 1 is 1.12 bits per heavy atom. The van der Waals surface area contributed by atoms with Gasteiger partial charge in [0, 0.05) is 32.5 Å². The van der Waals surface area contributed by atoms with Gasteiger partial charge < -0.3 is 9.47 Å². The number of fused-ring (bicyclic) bond motifs is 1. The predicted molar refractivity (Wildman–Crippen MR) is 146 cm³/mol. The normalized spacial score (nSPS) is 14.5. The van der Waals surface area contributed by atoms with Crippen molar-refractivity contribution in [2.75, 3.05) is 13.2 Å². The van der Waals surface area contributed by atoms with Gasteiger partial charge in [0.15, 0.2) is 17.9 Å². The van der Waals surface area contributed by atoms with Crippen LogP contribution in [0.15, 0.2) is 46.2 Å². The molecule has 1 aliphatic heterocycles. The number of aryl methyl sites for hydroxylation is 1. The number of nitrogens with zero attached hydrogens (tertiary/aromatic N) is 6. The van der Waals surface area contributed by atoms with Crippen LogP contribution in [0, 0.1) is 5.92 Å². The second-order valence-corrected chi connectivity index (χ2v) is 10.1. The van der Waals surface area contributed by atoms with Crippen LogP contribution in [0.2, 0.25) is 0 Å². The minimum atomic E-state index is -4.47. The molecule has 0 spiro atoms. The van der Waals surface area contributed by atoms with Gasteiger partial charge in [-0.3, -0.25) is 28.0 Å². The molecule has 0 saturated carbocycles. The molecule has 0 unspecified atom stereocenters. The maximum absolute atomic E-state index is 13.6. The molecule has 14 heteroatoms. The largest absolute Gasteiger partial charge is 0.444 e. The number of aromatic nitrogens is 6. The number of imidazole rings is 1. The Labute approximate surface area is 238 Å². The SMILES string of the molecule is CCCn1c(=O)c2c(nc(-c3cnn(Cc4cccc(C(F)(F)F)c4)c3)n2COC(=O)C2CCOCC2)n(CC)c1=O. The third-order valence-electron chi connectivity index (χ3n) is 7.26. The standard InChI is InChI=1S/C28H31F3N6O5/c1-3-10-36-25(38)22-24(35(4-2)27(36)40)33-23(37(22)17-42-26(39)19-8-11-41-12-9-19)20-14-32-34(16-20)15-18-6-5-7-21(13-18)28(29,30)31/h5-7,13-14,16,19H,3-4,8-12,15,17H2,1-2H3. The number of esters is 1. The number of halogens is 3. The molecule has 0 bridgehead atoms. The van der Waals surface area contributed by atoms with E-state index in [0.717, 1.165) is 16.7 Å². The summed E-state index contributed by atoms with van der Waals surface area (Å²) in [5.74, 6) is -0.533. The van der Waals surface area contributed by atoms with E-state index in [0.29, 0.717) is 43.6 Å². The van der Waals surface area contributed by atoms with E-state index in [2.05, 4.69) is 10.1 Å². The van der Waals surface area contributed by atoms with Gasteiger partial charge in [-0.2, -0.15) is 18.3 Å². The molecular formula is C28H31F3N6O5. The highest BCUT2D eigenvalue weighted by atomic mass is 19.4. The molecule has 1 fully saturated rings. The Bertz CT molecular complexity index is 1710. The van der Waals surface area contributed by atoms with Crippen molar-refractivity contribution in [2.24, 2.45) is 5.92 Å². The molecule has 0 amide bonds. The summed E-state index contributed by atoms with van der Waals surface area (Å²) in [4.78, 5) is 44.2. The second-order valence-electron chi connectivity index (χ2n) is 10.1. The van der Waals surface area contributed by atoms with Crippen LogP contribution in [-0.4, -0.2) is 47.6 Å². The van der Waals surface area contributed by atoms with E-state index in [9.17, 15) is 27.6 Å². The molecule has 0 radical (unpaired) electrons. The van der Waals surface area contributed by atoms with Crippen molar-refractivity contribution in [2.45, 2.75) is 65.7 Å². The van der Waals surface area contributed by atoms with E-state index >= 15 is 0 Å². The van der Waals surface area contributed by atoms with Crippen molar-refractivity contribution < 1.29 is 27.4 Å². The van der Waals surface area contributed by atoms with Crippen molar-refractivity contribution in [1.29, 1.82) is 0 Å². The van der Waals surface area contributed by atoms with Crippen LogP contribution < -0.4 is 11.2 Å². The molecule has 3 aromatic heterocycles. The van der Waals surface area contributed by atoms with Crippen LogP contribution in [0.4, 0.5) is 13.2 Å². The Kier molecular flexibility index (Phi) is 8.34. The lowest BCUT2D eigenvalue weighted by molar-refractivity contribution is -0.155. The number of hydrogen-bond acceptors (Lipinski definition) is 7. The Morgan fingerprint density at radius 2 is 1.88 bits per heavy atom. The fourth-order valence-electron chi connectivity index (χ4n) is 5.12. The summed E-state index contributed by atoms with van der Waals surface area (Å²) in [6.45, 7) is 4.68. The summed E-state index contributed by atoms with van der Waals surface area (Å²) in [7, 11) is 0. The van der Waals surface area contributed by atoms with Gasteiger partial charge in [0.1, 0.15) is 5.82 Å². The molecule has 5 rings (SSSR count). The summed E-state index contributed by atoms with van der Waals surface area (Å²) in [5.41, 5.74) is -0.752. The number of carbonyl (C=O) groups is 1. The molecule has 1 aliphatic rings. The first kappa shape index (κ1) is 29.3. The van der Waals surface area contributed by atoms with Crippen molar-refractivity contribution >= 4 is 17.1 Å². The smallest absolute Gasteiger partial charge is 0.416 e. The zero-order valence-corrected chi connectivity index (χ0v) is 23.3. The van der Waals surface area contributed by atoms with Gasteiger partial charge in [-0.25, -0.2) is 9.78 Å². The second kappa shape index (κ2) is 12.0. The summed E-state index contributed by atoms with van der Waals surface area (Å²) in [6.07, 6.45) is 0.168. The van der Waals surface area contributed by atoms with Gasteiger partial charge >= 0.3 is 17.8 Å². The highest BCUT2D eigenvalue weighted by molar-refractivity contribution is 5.77. The molecule has 0 aliphatic carbocycles. The molecule has 4 heterocycles. The molecule has 224 valence electrons. The topological polar surface area (TPSA) is 115 Å². The average molecular weight is 589 g/mol. The molecule has 4 aromatic rings. The predicted octanol–water partition coefficient (Wildman–Crippen LogP) is 3.65. The number of alkyl halides is 3. The monoisotopic (exact) mass is 588 g/mol. The van der Waals surface area contributed by atoms with Crippen molar-refractivity contribution in [3.8, 4) is 11.4 Å². The molecular weight excluding hydrogens is 557 g/mol. The molecule has 42 heavy (non-hydrogen) atoms.